The summed E-state index contributed by atoms with van der Waals surface area (Å²) in [6.45, 7) is 8.35. The molecular weight excluding hydrogens is 282 g/mol. The molecule has 0 amide bonds. The third-order valence-electron chi connectivity index (χ3n) is 4.44. The maximum Gasteiger partial charge on any atom is 0.186 e. The average molecular weight is 309 g/mol. The van der Waals surface area contributed by atoms with Crippen molar-refractivity contribution in [2.75, 3.05) is 31.1 Å². The Labute approximate surface area is 131 Å². The van der Waals surface area contributed by atoms with E-state index in [4.69, 9.17) is 9.72 Å². The van der Waals surface area contributed by atoms with Crippen molar-refractivity contribution in [3.8, 4) is 0 Å². The van der Waals surface area contributed by atoms with Crippen LogP contribution in [0.15, 0.2) is 0 Å². The Kier molecular flexibility index (Phi) is 5.14. The number of morpholine rings is 1. The summed E-state index contributed by atoms with van der Waals surface area (Å²) >= 11 is 1.91. The lowest BCUT2D eigenvalue weighted by atomic mass is 9.98. The smallest absolute Gasteiger partial charge is 0.186 e. The molecule has 2 unspecified atom stereocenters. The Hall–Kier alpha value is -0.650. The van der Waals surface area contributed by atoms with Crippen molar-refractivity contribution in [3.05, 3.63) is 10.6 Å². The van der Waals surface area contributed by atoms with Crippen molar-refractivity contribution < 1.29 is 4.74 Å². The van der Waals surface area contributed by atoms with Crippen molar-refractivity contribution in [2.45, 2.75) is 58.1 Å². The molecule has 0 spiro atoms. The molecule has 1 fully saturated rings. The van der Waals surface area contributed by atoms with Gasteiger partial charge in [0.25, 0.3) is 0 Å². The third-order valence-corrected chi connectivity index (χ3v) is 5.72. The molecule has 1 aliphatic heterocycles. The molecule has 0 aromatic carbocycles. The molecule has 21 heavy (non-hydrogen) atoms. The molecule has 4 nitrogen and oxygen atoms in total. The normalized spacial score (nSPS) is 25.9. The summed E-state index contributed by atoms with van der Waals surface area (Å²) in [5.74, 6) is 0. The Balaban J connectivity index is 1.74. The summed E-state index contributed by atoms with van der Waals surface area (Å²) in [7, 11) is 0. The van der Waals surface area contributed by atoms with Gasteiger partial charge in [-0.3, -0.25) is 0 Å². The van der Waals surface area contributed by atoms with E-state index in [-0.39, 0.29) is 0 Å². The molecule has 3 rings (SSSR count). The minimum Gasteiger partial charge on any atom is -0.375 e. The molecule has 0 saturated carbocycles. The van der Waals surface area contributed by atoms with Gasteiger partial charge < -0.3 is 15.0 Å². The van der Waals surface area contributed by atoms with E-state index in [1.807, 2.05) is 11.3 Å². The van der Waals surface area contributed by atoms with Crippen LogP contribution in [0.1, 0.15) is 56.1 Å². The molecular formula is C16H27N3OS. The number of anilines is 1. The Morgan fingerprint density at radius 1 is 1.43 bits per heavy atom. The lowest BCUT2D eigenvalue weighted by Gasteiger charge is -2.32. The quantitative estimate of drug-likeness (QED) is 0.907. The van der Waals surface area contributed by atoms with Crippen LogP contribution in [0.25, 0.3) is 0 Å². The number of fused-ring (bicyclic) bond motifs is 1. The minimum atomic E-state index is 0.369. The van der Waals surface area contributed by atoms with E-state index < -0.39 is 0 Å². The van der Waals surface area contributed by atoms with Crippen molar-refractivity contribution in [3.63, 3.8) is 0 Å². The predicted octanol–water partition coefficient (Wildman–Crippen LogP) is 3.14. The number of rotatable bonds is 5. The minimum absolute atomic E-state index is 0.369. The van der Waals surface area contributed by atoms with Gasteiger partial charge in [0.15, 0.2) is 5.13 Å². The molecule has 1 aromatic heterocycles. The second kappa shape index (κ2) is 7.07. The van der Waals surface area contributed by atoms with Crippen molar-refractivity contribution in [1.29, 1.82) is 0 Å². The molecule has 2 heterocycles. The average Bonchev–Trinajstić information content (AvgIpc) is 2.97. The Morgan fingerprint density at radius 2 is 2.33 bits per heavy atom. The van der Waals surface area contributed by atoms with Crippen LogP contribution in [0.5, 0.6) is 0 Å². The number of nitrogens with one attached hydrogen (secondary N) is 1. The van der Waals surface area contributed by atoms with Gasteiger partial charge in [0, 0.05) is 24.0 Å². The molecule has 0 bridgehead atoms. The molecule has 118 valence electrons. The molecule has 0 radical (unpaired) electrons. The molecule has 1 aromatic rings. The third kappa shape index (κ3) is 3.41. The van der Waals surface area contributed by atoms with Crippen LogP contribution < -0.4 is 10.2 Å². The zero-order chi connectivity index (χ0) is 14.7. The van der Waals surface area contributed by atoms with Gasteiger partial charge in [-0.2, -0.15) is 0 Å². The number of hydrogen-bond acceptors (Lipinski definition) is 5. The standard InChI is InChI=1S/C16H27N3OS/c1-3-8-17-13-6-5-7-14-15(13)21-16(18-14)19-9-10-20-12(4-2)11-19/h12-13,17H,3-11H2,1-2H3. The monoisotopic (exact) mass is 309 g/mol. The number of aryl methyl sites for hydroxylation is 1. The van der Waals surface area contributed by atoms with Crippen molar-refractivity contribution in [1.82, 2.24) is 10.3 Å². The number of hydrogen-bond donors (Lipinski definition) is 1. The van der Waals surface area contributed by atoms with Gasteiger partial charge in [-0.25, -0.2) is 4.98 Å². The van der Waals surface area contributed by atoms with Gasteiger partial charge in [0.1, 0.15) is 0 Å². The van der Waals surface area contributed by atoms with E-state index in [0.717, 1.165) is 39.1 Å². The van der Waals surface area contributed by atoms with E-state index in [1.165, 1.54) is 35.0 Å². The summed E-state index contributed by atoms with van der Waals surface area (Å²) in [4.78, 5) is 8.87. The van der Waals surface area contributed by atoms with E-state index in [9.17, 15) is 0 Å². The van der Waals surface area contributed by atoms with Crippen LogP contribution in [-0.2, 0) is 11.2 Å². The van der Waals surface area contributed by atoms with Crippen LogP contribution in [0.3, 0.4) is 0 Å². The zero-order valence-corrected chi connectivity index (χ0v) is 14.0. The summed E-state index contributed by atoms with van der Waals surface area (Å²) in [5, 5.41) is 4.91. The van der Waals surface area contributed by atoms with Gasteiger partial charge in [-0.15, -0.1) is 0 Å². The first-order valence-corrected chi connectivity index (χ1v) is 9.23. The van der Waals surface area contributed by atoms with Crippen LogP contribution in [0.2, 0.25) is 0 Å². The van der Waals surface area contributed by atoms with Gasteiger partial charge in [-0.05, 0) is 38.6 Å². The molecule has 2 atom stereocenters. The first kappa shape index (κ1) is 15.3. The lowest BCUT2D eigenvalue weighted by molar-refractivity contribution is 0.0384. The maximum absolute atomic E-state index is 5.78. The highest BCUT2D eigenvalue weighted by Gasteiger charge is 2.27. The van der Waals surface area contributed by atoms with E-state index in [0.29, 0.717) is 12.1 Å². The highest BCUT2D eigenvalue weighted by atomic mass is 32.1. The van der Waals surface area contributed by atoms with Crippen LogP contribution in [0.4, 0.5) is 5.13 Å². The first-order valence-electron chi connectivity index (χ1n) is 8.41. The molecule has 1 N–H and O–H groups in total. The topological polar surface area (TPSA) is 37.4 Å². The summed E-state index contributed by atoms with van der Waals surface area (Å²) in [6.07, 6.45) is 6.32. The summed E-state index contributed by atoms with van der Waals surface area (Å²) < 4.78 is 5.78. The van der Waals surface area contributed by atoms with E-state index in [2.05, 4.69) is 24.1 Å². The van der Waals surface area contributed by atoms with Crippen molar-refractivity contribution >= 4 is 16.5 Å². The van der Waals surface area contributed by atoms with Gasteiger partial charge in [-0.1, -0.05) is 25.2 Å². The van der Waals surface area contributed by atoms with Crippen molar-refractivity contribution in [2.24, 2.45) is 0 Å². The summed E-state index contributed by atoms with van der Waals surface area (Å²) in [5.41, 5.74) is 1.34. The molecule has 2 aliphatic rings. The van der Waals surface area contributed by atoms with Gasteiger partial charge in [0.05, 0.1) is 18.4 Å². The van der Waals surface area contributed by atoms with Crippen LogP contribution >= 0.6 is 11.3 Å². The fraction of sp³-hybridized carbons (Fsp3) is 0.812. The first-order chi connectivity index (χ1) is 10.3. The second-order valence-corrected chi connectivity index (χ2v) is 7.06. The van der Waals surface area contributed by atoms with Crippen LogP contribution in [0, 0.1) is 0 Å². The molecule has 5 heteroatoms. The van der Waals surface area contributed by atoms with Crippen LogP contribution in [-0.4, -0.2) is 37.3 Å². The fourth-order valence-corrected chi connectivity index (χ4v) is 4.45. The number of nitrogens with zero attached hydrogens (tertiary/aromatic N) is 2. The fourth-order valence-electron chi connectivity index (χ4n) is 3.20. The predicted molar refractivity (Wildman–Crippen MR) is 88.3 cm³/mol. The highest BCUT2D eigenvalue weighted by Crippen LogP contribution is 2.38. The SMILES string of the molecule is CCCNC1CCCc2nc(N3CCOC(CC)C3)sc21. The van der Waals surface area contributed by atoms with Gasteiger partial charge in [0.2, 0.25) is 0 Å². The number of ether oxygens (including phenoxy) is 1. The molecule has 1 saturated heterocycles. The Morgan fingerprint density at radius 3 is 3.14 bits per heavy atom. The maximum atomic E-state index is 5.78. The van der Waals surface area contributed by atoms with Gasteiger partial charge >= 0.3 is 0 Å². The Bertz CT molecular complexity index is 462. The molecule has 1 aliphatic carbocycles. The van der Waals surface area contributed by atoms with E-state index in [1.54, 1.807) is 0 Å². The lowest BCUT2D eigenvalue weighted by Crippen LogP contribution is -2.42. The number of thiazole rings is 1. The number of aromatic nitrogens is 1. The largest absolute Gasteiger partial charge is 0.375 e. The summed E-state index contributed by atoms with van der Waals surface area (Å²) in [6, 6.07) is 0.531. The second-order valence-electron chi connectivity index (χ2n) is 6.05. The zero-order valence-electron chi connectivity index (χ0n) is 13.2. The highest BCUT2D eigenvalue weighted by molar-refractivity contribution is 7.15. The van der Waals surface area contributed by atoms with E-state index >= 15 is 0 Å².